The lowest BCUT2D eigenvalue weighted by atomic mass is 9.99. The van der Waals surface area contributed by atoms with E-state index in [-0.39, 0.29) is 41.2 Å². The van der Waals surface area contributed by atoms with Crippen LogP contribution in [-0.4, -0.2) is 66.1 Å². The average molecular weight is 386 g/mol. The van der Waals surface area contributed by atoms with E-state index >= 15 is 0 Å². The smallest absolute Gasteiger partial charge is 0.242 e. The molecule has 1 fully saturated rings. The first-order valence-electron chi connectivity index (χ1n) is 9.15. The van der Waals surface area contributed by atoms with Gasteiger partial charge in [0.05, 0.1) is 17.8 Å². The van der Waals surface area contributed by atoms with Crippen LogP contribution in [0.2, 0.25) is 0 Å². The molecule has 7 nitrogen and oxygen atoms in total. The molecular weight excluding hydrogens is 354 g/mol. The monoisotopic (exact) mass is 385 g/mol. The fraction of sp³-hybridized carbons (Fsp3) is 0.778. The number of unbranched alkanes of at least 4 members (excludes halogenated alkanes) is 2. The highest BCUT2D eigenvalue weighted by Gasteiger charge is 2.37. The van der Waals surface area contributed by atoms with Gasteiger partial charge in [0, 0.05) is 19.4 Å². The summed E-state index contributed by atoms with van der Waals surface area (Å²) in [5.41, 5.74) is 0. The summed E-state index contributed by atoms with van der Waals surface area (Å²) in [5.74, 6) is -0.316. The molecule has 3 amide bonds. The molecular formula is C18H31N3O4S. The van der Waals surface area contributed by atoms with Gasteiger partial charge in [-0.05, 0) is 32.1 Å². The molecule has 2 N–H and O–H groups in total. The van der Waals surface area contributed by atoms with E-state index in [0.717, 1.165) is 6.42 Å². The van der Waals surface area contributed by atoms with Gasteiger partial charge in [0.25, 0.3) is 0 Å². The first-order valence-corrected chi connectivity index (χ1v) is 10.4. The number of Topliss-reactive ketones (excluding diaryl/α,β-unsaturated/α-hetero) is 1. The summed E-state index contributed by atoms with van der Waals surface area (Å²) in [5, 5.41) is 5.39. The molecule has 0 saturated carbocycles. The Bertz CT molecular complexity index is 525. The Labute approximate surface area is 160 Å². The maximum absolute atomic E-state index is 12.1. The van der Waals surface area contributed by atoms with Gasteiger partial charge in [-0.1, -0.05) is 20.3 Å². The lowest BCUT2D eigenvalue weighted by molar-refractivity contribution is -0.138. The summed E-state index contributed by atoms with van der Waals surface area (Å²) in [6.45, 7) is 4.47. The largest absolute Gasteiger partial charge is 0.346 e. The van der Waals surface area contributed by atoms with Gasteiger partial charge in [0.1, 0.15) is 0 Å². The minimum Gasteiger partial charge on any atom is -0.346 e. The molecule has 1 saturated heterocycles. The van der Waals surface area contributed by atoms with Gasteiger partial charge in [-0.3, -0.25) is 24.1 Å². The minimum atomic E-state index is -0.474. The average Bonchev–Trinajstić information content (AvgIpc) is 2.86. The summed E-state index contributed by atoms with van der Waals surface area (Å²) in [6, 6.07) is -0.474. The molecule has 1 aliphatic rings. The number of ketones is 1. The van der Waals surface area contributed by atoms with Crippen LogP contribution in [0, 0.1) is 5.92 Å². The Balaban J connectivity index is 2.28. The lowest BCUT2D eigenvalue weighted by Crippen LogP contribution is -2.47. The number of carbonyl (C=O) groups excluding carboxylic acids is 4. The van der Waals surface area contributed by atoms with Crippen LogP contribution in [0.25, 0.3) is 0 Å². The van der Waals surface area contributed by atoms with Crippen molar-refractivity contribution in [2.45, 2.75) is 57.2 Å². The summed E-state index contributed by atoms with van der Waals surface area (Å²) in [7, 11) is 1.70. The highest BCUT2D eigenvalue weighted by Crippen LogP contribution is 2.23. The first kappa shape index (κ1) is 22.6. The van der Waals surface area contributed by atoms with E-state index in [4.69, 9.17) is 0 Å². The van der Waals surface area contributed by atoms with E-state index in [9.17, 15) is 19.2 Å². The molecule has 1 rings (SSSR count). The maximum atomic E-state index is 12.1. The number of amides is 3. The second-order valence-corrected chi connectivity index (χ2v) is 7.95. The number of nitrogens with one attached hydrogen (secondary N) is 2. The highest BCUT2D eigenvalue weighted by atomic mass is 32.2. The number of likely N-dealkylation sites (N-methyl/N-ethyl adjacent to an activating group) is 1. The molecule has 1 heterocycles. The Morgan fingerprint density at radius 1 is 1.23 bits per heavy atom. The molecule has 0 aromatic carbocycles. The summed E-state index contributed by atoms with van der Waals surface area (Å²) in [4.78, 5) is 49.2. The molecule has 1 unspecified atom stereocenters. The molecule has 1 aliphatic heterocycles. The number of rotatable bonds is 12. The van der Waals surface area contributed by atoms with Gasteiger partial charge in [-0.25, -0.2) is 0 Å². The standard InChI is InChI=1S/C18H31N3O4S/c1-12(2)17(13(22)11-19-3)20-15(23)8-6-5-7-9-21-16(24)10-14(26-4)18(21)25/h12,14,17,19H,5-11H2,1-4H3,(H,20,23)/t14?,17-/m0/s1. The van der Waals surface area contributed by atoms with Crippen molar-refractivity contribution in [3.63, 3.8) is 0 Å². The van der Waals surface area contributed by atoms with Crippen LogP contribution in [0.1, 0.15) is 46.0 Å². The SMILES string of the molecule is CNCC(=O)[C@@H](NC(=O)CCCCCN1C(=O)CC(SC)C1=O)C(C)C. The third-order valence-electron chi connectivity index (χ3n) is 4.45. The normalized spacial score (nSPS) is 18.5. The highest BCUT2D eigenvalue weighted by molar-refractivity contribution is 8.00. The van der Waals surface area contributed by atoms with Crippen molar-refractivity contribution in [1.29, 1.82) is 0 Å². The van der Waals surface area contributed by atoms with E-state index < -0.39 is 6.04 Å². The quantitative estimate of drug-likeness (QED) is 0.384. The van der Waals surface area contributed by atoms with Gasteiger partial charge < -0.3 is 10.6 Å². The van der Waals surface area contributed by atoms with E-state index in [1.165, 1.54) is 16.7 Å². The fourth-order valence-electron chi connectivity index (χ4n) is 2.95. The number of hydrogen-bond acceptors (Lipinski definition) is 6. The third-order valence-corrected chi connectivity index (χ3v) is 5.39. The van der Waals surface area contributed by atoms with Crippen molar-refractivity contribution >= 4 is 35.3 Å². The van der Waals surface area contributed by atoms with Gasteiger partial charge >= 0.3 is 0 Å². The fourth-order valence-corrected chi connectivity index (χ4v) is 3.59. The molecule has 26 heavy (non-hydrogen) atoms. The number of likely N-dealkylation sites (tertiary alicyclic amines) is 1. The molecule has 0 spiro atoms. The van der Waals surface area contributed by atoms with Crippen molar-refractivity contribution in [3.8, 4) is 0 Å². The summed E-state index contributed by atoms with van der Waals surface area (Å²) < 4.78 is 0. The Kier molecular flexibility index (Phi) is 9.87. The number of nitrogens with zero attached hydrogens (tertiary/aromatic N) is 1. The van der Waals surface area contributed by atoms with Crippen LogP contribution < -0.4 is 10.6 Å². The zero-order chi connectivity index (χ0) is 19.7. The van der Waals surface area contributed by atoms with Crippen molar-refractivity contribution in [3.05, 3.63) is 0 Å². The second kappa shape index (κ2) is 11.3. The third kappa shape index (κ3) is 6.72. The Hall–Kier alpha value is -1.41. The Morgan fingerprint density at radius 3 is 2.46 bits per heavy atom. The van der Waals surface area contributed by atoms with Crippen LogP contribution in [0.3, 0.4) is 0 Å². The maximum Gasteiger partial charge on any atom is 0.242 e. The van der Waals surface area contributed by atoms with Crippen LogP contribution in [0.15, 0.2) is 0 Å². The zero-order valence-electron chi connectivity index (χ0n) is 16.2. The molecule has 0 bridgehead atoms. The van der Waals surface area contributed by atoms with Crippen molar-refractivity contribution in [1.82, 2.24) is 15.5 Å². The van der Waals surface area contributed by atoms with Crippen molar-refractivity contribution in [2.75, 3.05) is 26.4 Å². The van der Waals surface area contributed by atoms with E-state index in [1.54, 1.807) is 7.05 Å². The summed E-state index contributed by atoms with van der Waals surface area (Å²) in [6.07, 6.45) is 4.58. The van der Waals surface area contributed by atoms with Crippen molar-refractivity contribution < 1.29 is 19.2 Å². The number of imide groups is 1. The predicted molar refractivity (Wildman–Crippen MR) is 103 cm³/mol. The molecule has 0 aliphatic carbocycles. The van der Waals surface area contributed by atoms with E-state index in [0.29, 0.717) is 32.2 Å². The van der Waals surface area contributed by atoms with Gasteiger partial charge in [0.15, 0.2) is 5.78 Å². The predicted octanol–water partition coefficient (Wildman–Crippen LogP) is 0.967. The van der Waals surface area contributed by atoms with E-state index in [1.807, 2.05) is 20.1 Å². The molecule has 148 valence electrons. The topological polar surface area (TPSA) is 95.6 Å². The van der Waals surface area contributed by atoms with Gasteiger partial charge in [-0.15, -0.1) is 0 Å². The number of carbonyl (C=O) groups is 4. The van der Waals surface area contributed by atoms with Gasteiger partial charge in [0.2, 0.25) is 17.7 Å². The molecule has 8 heteroatoms. The number of thioether (sulfide) groups is 1. The van der Waals surface area contributed by atoms with Gasteiger partial charge in [-0.2, -0.15) is 11.8 Å². The number of hydrogen-bond donors (Lipinski definition) is 2. The van der Waals surface area contributed by atoms with Crippen molar-refractivity contribution in [2.24, 2.45) is 5.92 Å². The second-order valence-electron chi connectivity index (χ2n) is 6.91. The van der Waals surface area contributed by atoms with Crippen LogP contribution in [0.5, 0.6) is 0 Å². The zero-order valence-corrected chi connectivity index (χ0v) is 17.0. The minimum absolute atomic E-state index is 0.0229. The molecule has 2 atom stereocenters. The molecule has 0 aromatic rings. The lowest BCUT2D eigenvalue weighted by Gasteiger charge is -2.21. The Morgan fingerprint density at radius 2 is 1.92 bits per heavy atom. The first-order chi connectivity index (χ1) is 12.3. The summed E-state index contributed by atoms with van der Waals surface area (Å²) >= 11 is 1.41. The van der Waals surface area contributed by atoms with Crippen LogP contribution >= 0.6 is 11.8 Å². The molecule has 0 radical (unpaired) electrons. The van der Waals surface area contributed by atoms with Crippen LogP contribution in [0.4, 0.5) is 0 Å². The van der Waals surface area contributed by atoms with E-state index in [2.05, 4.69) is 10.6 Å². The van der Waals surface area contributed by atoms with Crippen LogP contribution in [-0.2, 0) is 19.2 Å². The molecule has 0 aromatic heterocycles.